The van der Waals surface area contributed by atoms with E-state index in [1.807, 2.05) is 43.3 Å². The predicted molar refractivity (Wildman–Crippen MR) is 93.8 cm³/mol. The SMILES string of the molecule is C=CCOC(C)C(=O)OCC(=O)N(C)Cc1ccc(N(C)C)cc1. The summed E-state index contributed by atoms with van der Waals surface area (Å²) in [4.78, 5) is 27.3. The molecule has 0 aliphatic heterocycles. The fourth-order valence-electron chi connectivity index (χ4n) is 1.90. The van der Waals surface area contributed by atoms with Gasteiger partial charge in [0.25, 0.3) is 5.91 Å². The number of nitrogens with zero attached hydrogens (tertiary/aromatic N) is 2. The van der Waals surface area contributed by atoms with Crippen molar-refractivity contribution in [2.24, 2.45) is 0 Å². The van der Waals surface area contributed by atoms with Gasteiger partial charge >= 0.3 is 5.97 Å². The first-order valence-electron chi connectivity index (χ1n) is 7.74. The zero-order chi connectivity index (χ0) is 18.1. The minimum absolute atomic E-state index is 0.257. The van der Waals surface area contributed by atoms with E-state index in [1.165, 1.54) is 4.90 Å². The van der Waals surface area contributed by atoms with Gasteiger partial charge in [0.2, 0.25) is 0 Å². The van der Waals surface area contributed by atoms with Crippen molar-refractivity contribution in [3.63, 3.8) is 0 Å². The first-order chi connectivity index (χ1) is 11.3. The Morgan fingerprint density at radius 1 is 1.21 bits per heavy atom. The molecule has 0 fully saturated rings. The summed E-state index contributed by atoms with van der Waals surface area (Å²) in [5, 5.41) is 0. The van der Waals surface area contributed by atoms with Gasteiger partial charge in [0, 0.05) is 33.4 Å². The Hall–Kier alpha value is -2.34. The van der Waals surface area contributed by atoms with Crippen LogP contribution in [0.25, 0.3) is 0 Å². The molecule has 0 aliphatic rings. The zero-order valence-corrected chi connectivity index (χ0v) is 14.8. The summed E-state index contributed by atoms with van der Waals surface area (Å²) >= 11 is 0. The molecule has 1 atom stereocenters. The Labute approximate surface area is 143 Å². The average molecular weight is 334 g/mol. The zero-order valence-electron chi connectivity index (χ0n) is 14.8. The van der Waals surface area contributed by atoms with Crippen LogP contribution in [0.1, 0.15) is 12.5 Å². The fraction of sp³-hybridized carbons (Fsp3) is 0.444. The number of carbonyl (C=O) groups excluding carboxylic acids is 2. The Balaban J connectivity index is 2.44. The highest BCUT2D eigenvalue weighted by molar-refractivity contribution is 5.81. The van der Waals surface area contributed by atoms with Crippen LogP contribution in [0.4, 0.5) is 5.69 Å². The number of carbonyl (C=O) groups is 2. The molecule has 0 radical (unpaired) electrons. The molecule has 0 N–H and O–H groups in total. The highest BCUT2D eigenvalue weighted by Gasteiger charge is 2.17. The molecule has 1 aromatic rings. The molecule has 0 saturated heterocycles. The summed E-state index contributed by atoms with van der Waals surface area (Å²) in [6, 6.07) is 7.92. The minimum Gasteiger partial charge on any atom is -0.454 e. The maximum Gasteiger partial charge on any atom is 0.335 e. The third kappa shape index (κ3) is 6.42. The second-order valence-corrected chi connectivity index (χ2v) is 5.68. The van der Waals surface area contributed by atoms with Crippen LogP contribution in [0.5, 0.6) is 0 Å². The third-order valence-electron chi connectivity index (χ3n) is 3.43. The van der Waals surface area contributed by atoms with E-state index >= 15 is 0 Å². The van der Waals surface area contributed by atoms with Crippen molar-refractivity contribution in [2.75, 3.05) is 39.3 Å². The van der Waals surface area contributed by atoms with Gasteiger partial charge in [0.1, 0.15) is 0 Å². The van der Waals surface area contributed by atoms with Crippen molar-refractivity contribution in [2.45, 2.75) is 19.6 Å². The van der Waals surface area contributed by atoms with E-state index in [1.54, 1.807) is 20.0 Å². The lowest BCUT2D eigenvalue weighted by Crippen LogP contribution is -2.33. The molecule has 132 valence electrons. The van der Waals surface area contributed by atoms with E-state index in [2.05, 4.69) is 6.58 Å². The second kappa shape index (κ2) is 9.72. The van der Waals surface area contributed by atoms with E-state index in [-0.39, 0.29) is 19.1 Å². The summed E-state index contributed by atoms with van der Waals surface area (Å²) < 4.78 is 10.1. The van der Waals surface area contributed by atoms with Gasteiger partial charge in [-0.25, -0.2) is 4.79 Å². The topological polar surface area (TPSA) is 59.1 Å². The molecule has 1 rings (SSSR count). The van der Waals surface area contributed by atoms with E-state index < -0.39 is 12.1 Å². The molecule has 0 spiro atoms. The van der Waals surface area contributed by atoms with E-state index in [4.69, 9.17) is 9.47 Å². The summed E-state index contributed by atoms with van der Waals surface area (Å²) in [6.45, 7) is 5.49. The van der Waals surface area contributed by atoms with Crippen molar-refractivity contribution in [1.82, 2.24) is 4.90 Å². The highest BCUT2D eigenvalue weighted by atomic mass is 16.6. The molecule has 0 aromatic heterocycles. The molecule has 1 unspecified atom stereocenters. The smallest absolute Gasteiger partial charge is 0.335 e. The molecule has 6 nitrogen and oxygen atoms in total. The molecule has 0 bridgehead atoms. The summed E-state index contributed by atoms with van der Waals surface area (Å²) in [7, 11) is 5.62. The number of ether oxygens (including phenoxy) is 2. The first kappa shape index (κ1) is 19.7. The molecule has 24 heavy (non-hydrogen) atoms. The highest BCUT2D eigenvalue weighted by Crippen LogP contribution is 2.13. The van der Waals surface area contributed by atoms with E-state index in [0.29, 0.717) is 6.54 Å². The van der Waals surface area contributed by atoms with Crippen LogP contribution < -0.4 is 4.90 Å². The Bertz CT molecular complexity index is 555. The van der Waals surface area contributed by atoms with Gasteiger partial charge in [-0.05, 0) is 24.6 Å². The number of hydrogen-bond acceptors (Lipinski definition) is 5. The lowest BCUT2D eigenvalue weighted by atomic mass is 10.2. The van der Waals surface area contributed by atoms with Gasteiger partial charge in [-0.2, -0.15) is 0 Å². The van der Waals surface area contributed by atoms with Crippen LogP contribution in [0.3, 0.4) is 0 Å². The van der Waals surface area contributed by atoms with Gasteiger partial charge in [-0.3, -0.25) is 4.79 Å². The van der Waals surface area contributed by atoms with Crippen LogP contribution in [-0.4, -0.2) is 57.2 Å². The average Bonchev–Trinajstić information content (AvgIpc) is 2.57. The van der Waals surface area contributed by atoms with Crippen LogP contribution in [-0.2, 0) is 25.6 Å². The molecular formula is C18H26N2O4. The van der Waals surface area contributed by atoms with Crippen LogP contribution in [0.2, 0.25) is 0 Å². The molecule has 0 heterocycles. The lowest BCUT2D eigenvalue weighted by molar-refractivity contribution is -0.160. The third-order valence-corrected chi connectivity index (χ3v) is 3.43. The fourth-order valence-corrected chi connectivity index (χ4v) is 1.90. The summed E-state index contributed by atoms with van der Waals surface area (Å²) in [6.07, 6.45) is 0.823. The Morgan fingerprint density at radius 3 is 2.38 bits per heavy atom. The van der Waals surface area contributed by atoms with Gasteiger partial charge in [-0.15, -0.1) is 6.58 Å². The van der Waals surface area contributed by atoms with Gasteiger partial charge in [0.15, 0.2) is 12.7 Å². The van der Waals surface area contributed by atoms with Crippen molar-refractivity contribution in [1.29, 1.82) is 0 Å². The number of anilines is 1. The van der Waals surface area contributed by atoms with Crippen molar-refractivity contribution in [3.05, 3.63) is 42.5 Å². The molecule has 6 heteroatoms. The number of esters is 1. The molecular weight excluding hydrogens is 308 g/mol. The Kier molecular flexibility index (Phi) is 7.98. The molecule has 1 amide bonds. The number of benzene rings is 1. The summed E-state index contributed by atoms with van der Waals surface area (Å²) in [5.74, 6) is -0.829. The first-order valence-corrected chi connectivity index (χ1v) is 7.74. The van der Waals surface area contributed by atoms with Gasteiger partial charge < -0.3 is 19.3 Å². The van der Waals surface area contributed by atoms with Crippen LogP contribution in [0.15, 0.2) is 36.9 Å². The van der Waals surface area contributed by atoms with Crippen LogP contribution in [0, 0.1) is 0 Å². The number of hydrogen-bond donors (Lipinski definition) is 0. The molecule has 1 aromatic carbocycles. The predicted octanol–water partition coefficient (Wildman–Crippen LogP) is 1.85. The molecule has 0 saturated carbocycles. The summed E-state index contributed by atoms with van der Waals surface area (Å²) in [5.41, 5.74) is 2.10. The number of amides is 1. The van der Waals surface area contributed by atoms with Crippen molar-refractivity contribution >= 4 is 17.6 Å². The van der Waals surface area contributed by atoms with Crippen molar-refractivity contribution < 1.29 is 19.1 Å². The maximum atomic E-state index is 12.0. The quantitative estimate of drug-likeness (QED) is 0.509. The minimum atomic E-state index is -0.723. The molecule has 0 aliphatic carbocycles. The Morgan fingerprint density at radius 2 is 1.83 bits per heavy atom. The van der Waals surface area contributed by atoms with Crippen LogP contribution >= 0.6 is 0 Å². The second-order valence-electron chi connectivity index (χ2n) is 5.68. The van der Waals surface area contributed by atoms with E-state index in [0.717, 1.165) is 11.3 Å². The largest absolute Gasteiger partial charge is 0.454 e. The standard InChI is InChI=1S/C18H26N2O4/c1-6-11-23-14(2)18(22)24-13-17(21)20(5)12-15-7-9-16(10-8-15)19(3)4/h6-10,14H,1,11-13H2,2-5H3. The number of likely N-dealkylation sites (N-methyl/N-ethyl adjacent to an activating group) is 1. The monoisotopic (exact) mass is 334 g/mol. The lowest BCUT2D eigenvalue weighted by Gasteiger charge is -2.19. The normalized spacial score (nSPS) is 11.5. The van der Waals surface area contributed by atoms with E-state index in [9.17, 15) is 9.59 Å². The maximum absolute atomic E-state index is 12.0. The van der Waals surface area contributed by atoms with Gasteiger partial charge in [-0.1, -0.05) is 18.2 Å². The van der Waals surface area contributed by atoms with Gasteiger partial charge in [0.05, 0.1) is 6.61 Å². The number of rotatable bonds is 9. The van der Waals surface area contributed by atoms with Crippen molar-refractivity contribution in [3.8, 4) is 0 Å².